The van der Waals surface area contributed by atoms with Gasteiger partial charge in [0.1, 0.15) is 0 Å². The van der Waals surface area contributed by atoms with Crippen LogP contribution in [0.1, 0.15) is 11.1 Å². The summed E-state index contributed by atoms with van der Waals surface area (Å²) in [6.45, 7) is 6.26. The second-order valence-corrected chi connectivity index (χ2v) is 8.03. The highest BCUT2D eigenvalue weighted by atomic mass is 32.2. The number of piperazine rings is 1. The van der Waals surface area contributed by atoms with Crippen LogP contribution in [0, 0.1) is 6.92 Å². The van der Waals surface area contributed by atoms with Crippen LogP contribution in [0.5, 0.6) is 0 Å². The van der Waals surface area contributed by atoms with E-state index in [4.69, 9.17) is 0 Å². The Hall–Kier alpha value is -2.71. The molecule has 29 heavy (non-hydrogen) atoms. The molecule has 0 spiro atoms. The average molecular weight is 409 g/mol. The van der Waals surface area contributed by atoms with Crippen LogP contribution in [0.15, 0.2) is 59.8 Å². The van der Waals surface area contributed by atoms with Crippen molar-refractivity contribution in [1.82, 2.24) is 30.0 Å². The van der Waals surface area contributed by atoms with Crippen LogP contribution >= 0.6 is 11.8 Å². The molecule has 2 heterocycles. The van der Waals surface area contributed by atoms with Gasteiger partial charge in [-0.1, -0.05) is 60.3 Å². The van der Waals surface area contributed by atoms with Crippen molar-refractivity contribution in [2.24, 2.45) is 0 Å². The maximum Gasteiger partial charge on any atom is 0.233 e. The van der Waals surface area contributed by atoms with E-state index in [1.54, 1.807) is 4.68 Å². The molecule has 7 nitrogen and oxygen atoms in total. The molecule has 1 fully saturated rings. The van der Waals surface area contributed by atoms with Crippen molar-refractivity contribution in [2.75, 3.05) is 31.9 Å². The van der Waals surface area contributed by atoms with Crippen molar-refractivity contribution in [3.8, 4) is 5.69 Å². The Kier molecular flexibility index (Phi) is 6.21. The minimum absolute atomic E-state index is 0.133. The molecule has 0 unspecified atom stereocenters. The van der Waals surface area contributed by atoms with Gasteiger partial charge in [-0.15, -0.1) is 5.10 Å². The Labute approximate surface area is 174 Å². The molecule has 0 saturated carbocycles. The molecule has 3 aromatic rings. The lowest BCUT2D eigenvalue weighted by Gasteiger charge is -2.34. The van der Waals surface area contributed by atoms with Crippen molar-refractivity contribution < 1.29 is 4.79 Å². The zero-order valence-electron chi connectivity index (χ0n) is 16.4. The highest BCUT2D eigenvalue weighted by molar-refractivity contribution is 7.99. The Morgan fingerprint density at radius 3 is 2.48 bits per heavy atom. The fraction of sp³-hybridized carbons (Fsp3) is 0.333. The molecule has 150 valence electrons. The van der Waals surface area contributed by atoms with Crippen molar-refractivity contribution in [3.05, 3.63) is 65.7 Å². The molecule has 0 bridgehead atoms. The smallest absolute Gasteiger partial charge is 0.233 e. The summed E-state index contributed by atoms with van der Waals surface area (Å²) in [6.07, 6.45) is 0. The van der Waals surface area contributed by atoms with E-state index >= 15 is 0 Å². The zero-order valence-corrected chi connectivity index (χ0v) is 17.3. The van der Waals surface area contributed by atoms with Crippen LogP contribution in [0.2, 0.25) is 0 Å². The van der Waals surface area contributed by atoms with Gasteiger partial charge >= 0.3 is 0 Å². The zero-order chi connectivity index (χ0) is 20.1. The molecule has 1 aliphatic rings. The number of aromatic nitrogens is 4. The van der Waals surface area contributed by atoms with Gasteiger partial charge in [-0.2, -0.15) is 4.68 Å². The van der Waals surface area contributed by atoms with Crippen LogP contribution < -0.4 is 0 Å². The molecule has 2 aromatic carbocycles. The van der Waals surface area contributed by atoms with E-state index in [1.165, 1.54) is 17.3 Å². The van der Waals surface area contributed by atoms with Gasteiger partial charge in [0.2, 0.25) is 11.1 Å². The summed E-state index contributed by atoms with van der Waals surface area (Å²) >= 11 is 1.38. The van der Waals surface area contributed by atoms with Gasteiger partial charge in [0.25, 0.3) is 0 Å². The van der Waals surface area contributed by atoms with E-state index in [0.717, 1.165) is 44.0 Å². The number of para-hydroxylation sites is 1. The van der Waals surface area contributed by atoms with Gasteiger partial charge in [0.15, 0.2) is 0 Å². The molecule has 1 aromatic heterocycles. The van der Waals surface area contributed by atoms with Gasteiger partial charge in [0, 0.05) is 32.7 Å². The number of rotatable bonds is 6. The monoisotopic (exact) mass is 408 g/mol. The first-order valence-electron chi connectivity index (χ1n) is 9.72. The molecule has 1 saturated heterocycles. The van der Waals surface area contributed by atoms with Gasteiger partial charge < -0.3 is 4.90 Å². The molecule has 0 atom stereocenters. The van der Waals surface area contributed by atoms with E-state index in [-0.39, 0.29) is 5.91 Å². The Bertz CT molecular complexity index is 953. The summed E-state index contributed by atoms with van der Waals surface area (Å²) in [4.78, 5) is 17.0. The summed E-state index contributed by atoms with van der Waals surface area (Å²) in [6, 6.07) is 18.4. The summed E-state index contributed by atoms with van der Waals surface area (Å²) < 4.78 is 1.70. The molecular formula is C21H24N6OS. The van der Waals surface area contributed by atoms with Crippen molar-refractivity contribution >= 4 is 17.7 Å². The minimum Gasteiger partial charge on any atom is -0.339 e. The van der Waals surface area contributed by atoms with Crippen LogP contribution in [-0.2, 0) is 11.3 Å². The largest absolute Gasteiger partial charge is 0.339 e. The molecule has 0 N–H and O–H groups in total. The molecule has 0 aliphatic carbocycles. The number of hydrogen-bond acceptors (Lipinski definition) is 6. The van der Waals surface area contributed by atoms with E-state index < -0.39 is 0 Å². The fourth-order valence-corrected chi connectivity index (χ4v) is 4.22. The molecule has 1 aliphatic heterocycles. The number of nitrogens with zero attached hydrogens (tertiary/aromatic N) is 6. The number of benzene rings is 2. The highest BCUT2D eigenvalue weighted by Gasteiger charge is 2.22. The number of aryl methyl sites for hydroxylation is 1. The number of thioether (sulfide) groups is 1. The first-order valence-corrected chi connectivity index (χ1v) is 10.7. The highest BCUT2D eigenvalue weighted by Crippen LogP contribution is 2.21. The first kappa shape index (κ1) is 19.6. The maximum absolute atomic E-state index is 12.7. The standard InChI is InChI=1S/C21H24N6OS/c1-17-7-5-6-10-19(17)27-21(22-23-24-27)29-16-20(28)26-13-11-25(12-14-26)15-18-8-3-2-4-9-18/h2-10H,11-16H2,1H3. The second kappa shape index (κ2) is 9.19. The number of carbonyl (C=O) groups excluding carboxylic acids is 1. The van der Waals surface area contributed by atoms with Crippen LogP contribution in [0.25, 0.3) is 5.69 Å². The molecule has 8 heteroatoms. The Morgan fingerprint density at radius 2 is 1.72 bits per heavy atom. The molecule has 1 amide bonds. The third kappa shape index (κ3) is 4.83. The SMILES string of the molecule is Cc1ccccc1-n1nnnc1SCC(=O)N1CCN(Cc2ccccc2)CC1. The van der Waals surface area contributed by atoms with Crippen molar-refractivity contribution in [2.45, 2.75) is 18.6 Å². The van der Waals surface area contributed by atoms with Crippen molar-refractivity contribution in [3.63, 3.8) is 0 Å². The van der Waals surface area contributed by atoms with E-state index in [0.29, 0.717) is 10.9 Å². The minimum atomic E-state index is 0.133. The Morgan fingerprint density at radius 1 is 1.00 bits per heavy atom. The molecule has 0 radical (unpaired) electrons. The van der Waals surface area contributed by atoms with Gasteiger partial charge in [-0.25, -0.2) is 0 Å². The average Bonchev–Trinajstić information content (AvgIpc) is 3.22. The lowest BCUT2D eigenvalue weighted by molar-refractivity contribution is -0.130. The lowest BCUT2D eigenvalue weighted by atomic mass is 10.2. The van der Waals surface area contributed by atoms with E-state index in [9.17, 15) is 4.79 Å². The second-order valence-electron chi connectivity index (χ2n) is 7.09. The predicted molar refractivity (Wildman–Crippen MR) is 113 cm³/mol. The predicted octanol–water partition coefficient (Wildman–Crippen LogP) is 2.41. The first-order chi connectivity index (χ1) is 14.2. The molecule has 4 rings (SSSR count). The van der Waals surface area contributed by atoms with E-state index in [1.807, 2.05) is 42.2 Å². The number of hydrogen-bond donors (Lipinski definition) is 0. The van der Waals surface area contributed by atoms with Crippen LogP contribution in [-0.4, -0.2) is 67.8 Å². The fourth-order valence-electron chi connectivity index (χ4n) is 3.44. The van der Waals surface area contributed by atoms with Crippen molar-refractivity contribution in [1.29, 1.82) is 0 Å². The number of carbonyl (C=O) groups is 1. The van der Waals surface area contributed by atoms with Gasteiger partial charge in [-0.3, -0.25) is 9.69 Å². The third-order valence-electron chi connectivity index (χ3n) is 5.08. The summed E-state index contributed by atoms with van der Waals surface area (Å²) in [5, 5.41) is 12.6. The van der Waals surface area contributed by atoms with E-state index in [2.05, 4.69) is 44.7 Å². The van der Waals surface area contributed by atoms with Gasteiger partial charge in [-0.05, 0) is 34.5 Å². The lowest BCUT2D eigenvalue weighted by Crippen LogP contribution is -2.48. The summed E-state index contributed by atoms with van der Waals surface area (Å²) in [5.74, 6) is 0.471. The van der Waals surface area contributed by atoms with Crippen LogP contribution in [0.4, 0.5) is 0 Å². The number of tetrazole rings is 1. The van der Waals surface area contributed by atoms with Gasteiger partial charge in [0.05, 0.1) is 11.4 Å². The Balaban J connectivity index is 1.29. The third-order valence-corrected chi connectivity index (χ3v) is 5.99. The maximum atomic E-state index is 12.7. The number of amides is 1. The topological polar surface area (TPSA) is 67.2 Å². The quantitative estimate of drug-likeness (QED) is 0.584. The molecular weight excluding hydrogens is 384 g/mol. The van der Waals surface area contributed by atoms with Crippen LogP contribution in [0.3, 0.4) is 0 Å². The normalized spacial score (nSPS) is 14.9. The summed E-state index contributed by atoms with van der Waals surface area (Å²) in [7, 11) is 0. The summed E-state index contributed by atoms with van der Waals surface area (Å²) in [5.41, 5.74) is 3.33.